The van der Waals surface area contributed by atoms with Gasteiger partial charge in [0.15, 0.2) is 5.78 Å². The summed E-state index contributed by atoms with van der Waals surface area (Å²) in [6.07, 6.45) is 1.99. The van der Waals surface area contributed by atoms with E-state index in [0.717, 1.165) is 12.8 Å². The van der Waals surface area contributed by atoms with Crippen molar-refractivity contribution in [1.29, 1.82) is 0 Å². The molecule has 72 valence electrons. The van der Waals surface area contributed by atoms with Gasteiger partial charge in [0.05, 0.1) is 0 Å². The van der Waals surface area contributed by atoms with Gasteiger partial charge >= 0.3 is 0 Å². The van der Waals surface area contributed by atoms with Crippen molar-refractivity contribution in [2.75, 3.05) is 0 Å². The minimum Gasteiger partial charge on any atom is -0.366 e. The van der Waals surface area contributed by atoms with Gasteiger partial charge in [-0.05, 0) is 25.0 Å². The monoisotopic (exact) mass is 189 g/mol. The van der Waals surface area contributed by atoms with Crippen LogP contribution in [0.3, 0.4) is 0 Å². The summed E-state index contributed by atoms with van der Waals surface area (Å²) >= 11 is 0. The van der Waals surface area contributed by atoms with Gasteiger partial charge in [0, 0.05) is 17.0 Å². The maximum absolute atomic E-state index is 11.6. The minimum atomic E-state index is -0.463. The average molecular weight is 189 g/mol. The predicted molar refractivity (Wildman–Crippen MR) is 52.0 cm³/mol. The van der Waals surface area contributed by atoms with Crippen molar-refractivity contribution in [3.8, 4) is 0 Å². The maximum atomic E-state index is 11.6. The van der Waals surface area contributed by atoms with E-state index in [4.69, 9.17) is 5.73 Å². The molecule has 0 heterocycles. The lowest BCUT2D eigenvalue weighted by molar-refractivity contribution is 0.0964. The van der Waals surface area contributed by atoms with Crippen LogP contribution in [0.5, 0.6) is 0 Å². The Morgan fingerprint density at radius 3 is 2.00 bits per heavy atom. The van der Waals surface area contributed by atoms with E-state index in [0.29, 0.717) is 11.1 Å². The van der Waals surface area contributed by atoms with Crippen LogP contribution in [0.15, 0.2) is 24.3 Å². The van der Waals surface area contributed by atoms with Crippen LogP contribution in [0.25, 0.3) is 0 Å². The average Bonchev–Trinajstić information content (AvgIpc) is 3.00. The summed E-state index contributed by atoms with van der Waals surface area (Å²) in [4.78, 5) is 22.3. The predicted octanol–water partition coefficient (Wildman–Crippen LogP) is 1.38. The van der Waals surface area contributed by atoms with Gasteiger partial charge in [-0.15, -0.1) is 0 Å². The third-order valence-electron chi connectivity index (χ3n) is 2.40. The number of amides is 1. The first kappa shape index (κ1) is 8.94. The molecule has 0 aromatic heterocycles. The normalized spacial score (nSPS) is 15.1. The minimum absolute atomic E-state index is 0.182. The molecule has 1 aromatic rings. The van der Waals surface area contributed by atoms with Crippen molar-refractivity contribution in [2.45, 2.75) is 12.8 Å². The fraction of sp³-hybridized carbons (Fsp3) is 0.273. The molecule has 2 rings (SSSR count). The second-order valence-electron chi connectivity index (χ2n) is 3.58. The number of carbonyl (C=O) groups excluding carboxylic acids is 2. The zero-order chi connectivity index (χ0) is 10.1. The third-order valence-corrected chi connectivity index (χ3v) is 2.40. The number of hydrogen-bond acceptors (Lipinski definition) is 2. The first-order valence-electron chi connectivity index (χ1n) is 4.62. The Kier molecular flexibility index (Phi) is 2.08. The van der Waals surface area contributed by atoms with E-state index in [-0.39, 0.29) is 11.7 Å². The zero-order valence-corrected chi connectivity index (χ0v) is 7.69. The smallest absolute Gasteiger partial charge is 0.248 e. The van der Waals surface area contributed by atoms with E-state index >= 15 is 0 Å². The van der Waals surface area contributed by atoms with Crippen LogP contribution < -0.4 is 5.73 Å². The summed E-state index contributed by atoms with van der Waals surface area (Å²) in [6, 6.07) is 6.53. The molecule has 1 amide bonds. The van der Waals surface area contributed by atoms with Crippen molar-refractivity contribution >= 4 is 11.7 Å². The van der Waals surface area contributed by atoms with E-state index in [1.54, 1.807) is 24.3 Å². The van der Waals surface area contributed by atoms with Crippen molar-refractivity contribution in [1.82, 2.24) is 0 Å². The van der Waals surface area contributed by atoms with E-state index in [1.165, 1.54) is 0 Å². The van der Waals surface area contributed by atoms with Gasteiger partial charge in [-0.1, -0.05) is 12.1 Å². The van der Waals surface area contributed by atoms with E-state index in [9.17, 15) is 9.59 Å². The molecular weight excluding hydrogens is 178 g/mol. The number of benzene rings is 1. The molecule has 0 unspecified atom stereocenters. The van der Waals surface area contributed by atoms with Crippen LogP contribution in [-0.2, 0) is 0 Å². The molecular formula is C11H11NO2. The number of ketones is 1. The number of nitrogens with two attached hydrogens (primary N) is 1. The first-order chi connectivity index (χ1) is 6.68. The summed E-state index contributed by atoms with van der Waals surface area (Å²) in [5, 5.41) is 0. The highest BCUT2D eigenvalue weighted by molar-refractivity contribution is 6.00. The van der Waals surface area contributed by atoms with Crippen molar-refractivity contribution in [3.63, 3.8) is 0 Å². The van der Waals surface area contributed by atoms with Crippen molar-refractivity contribution in [3.05, 3.63) is 35.4 Å². The van der Waals surface area contributed by atoms with Gasteiger partial charge in [0.2, 0.25) is 5.91 Å². The largest absolute Gasteiger partial charge is 0.366 e. The van der Waals surface area contributed by atoms with Gasteiger partial charge < -0.3 is 5.73 Å². The SMILES string of the molecule is NC(=O)c1ccc(C(=O)C2CC2)cc1. The Morgan fingerprint density at radius 2 is 1.57 bits per heavy atom. The number of carbonyl (C=O) groups is 2. The highest BCUT2D eigenvalue weighted by atomic mass is 16.1. The Balaban J connectivity index is 2.20. The fourth-order valence-corrected chi connectivity index (χ4v) is 1.38. The molecule has 0 aliphatic heterocycles. The van der Waals surface area contributed by atoms with Gasteiger partial charge in [-0.3, -0.25) is 9.59 Å². The van der Waals surface area contributed by atoms with Crippen molar-refractivity contribution < 1.29 is 9.59 Å². The molecule has 0 saturated heterocycles. The summed E-state index contributed by atoms with van der Waals surface area (Å²) < 4.78 is 0. The van der Waals surface area contributed by atoms with Gasteiger partial charge in [-0.25, -0.2) is 0 Å². The lowest BCUT2D eigenvalue weighted by Crippen LogP contribution is -2.11. The topological polar surface area (TPSA) is 60.2 Å². The third kappa shape index (κ3) is 1.66. The van der Waals surface area contributed by atoms with Gasteiger partial charge in [-0.2, -0.15) is 0 Å². The van der Waals surface area contributed by atoms with Crippen LogP contribution in [0.2, 0.25) is 0 Å². The van der Waals surface area contributed by atoms with Crippen LogP contribution in [0.1, 0.15) is 33.6 Å². The Labute approximate surface area is 81.9 Å². The number of Topliss-reactive ketones (excluding diaryl/α,β-unsaturated/α-hetero) is 1. The van der Waals surface area contributed by atoms with Crippen molar-refractivity contribution in [2.24, 2.45) is 11.7 Å². The van der Waals surface area contributed by atoms with E-state index < -0.39 is 5.91 Å². The molecule has 1 saturated carbocycles. The highest BCUT2D eigenvalue weighted by Gasteiger charge is 2.30. The molecule has 3 nitrogen and oxygen atoms in total. The summed E-state index contributed by atoms with van der Waals surface area (Å²) in [7, 11) is 0. The quantitative estimate of drug-likeness (QED) is 0.730. The van der Waals surface area contributed by atoms with Gasteiger partial charge in [0.1, 0.15) is 0 Å². The molecule has 0 atom stereocenters. The van der Waals surface area contributed by atoms with Gasteiger partial charge in [0.25, 0.3) is 0 Å². The standard InChI is InChI=1S/C11H11NO2/c12-11(14)9-5-3-8(4-6-9)10(13)7-1-2-7/h3-7H,1-2H2,(H2,12,14). The molecule has 1 aliphatic carbocycles. The molecule has 3 heteroatoms. The molecule has 1 aromatic carbocycles. The molecule has 0 bridgehead atoms. The molecule has 0 spiro atoms. The summed E-state index contributed by atoms with van der Waals surface area (Å²) in [5.74, 6) is -0.0640. The lowest BCUT2D eigenvalue weighted by Gasteiger charge is -1.99. The second-order valence-corrected chi connectivity index (χ2v) is 3.58. The fourth-order valence-electron chi connectivity index (χ4n) is 1.38. The Morgan fingerprint density at radius 1 is 1.07 bits per heavy atom. The van der Waals surface area contributed by atoms with E-state index in [2.05, 4.69) is 0 Å². The molecule has 1 aliphatic rings. The van der Waals surface area contributed by atoms with Crippen LogP contribution >= 0.6 is 0 Å². The Bertz CT molecular complexity index is 377. The van der Waals surface area contributed by atoms with E-state index in [1.807, 2.05) is 0 Å². The number of rotatable bonds is 3. The molecule has 2 N–H and O–H groups in total. The maximum Gasteiger partial charge on any atom is 0.248 e. The number of hydrogen-bond donors (Lipinski definition) is 1. The number of primary amides is 1. The summed E-state index contributed by atoms with van der Waals surface area (Å²) in [5.41, 5.74) is 6.21. The Hall–Kier alpha value is -1.64. The first-order valence-corrected chi connectivity index (χ1v) is 4.62. The molecule has 0 radical (unpaired) electrons. The highest BCUT2D eigenvalue weighted by Crippen LogP contribution is 2.32. The summed E-state index contributed by atoms with van der Waals surface area (Å²) in [6.45, 7) is 0. The zero-order valence-electron chi connectivity index (χ0n) is 7.69. The lowest BCUT2D eigenvalue weighted by atomic mass is 10.1. The van der Waals surface area contributed by atoms with Crippen LogP contribution in [-0.4, -0.2) is 11.7 Å². The molecule has 1 fully saturated rings. The van der Waals surface area contributed by atoms with Crippen LogP contribution in [0.4, 0.5) is 0 Å². The molecule has 14 heavy (non-hydrogen) atoms. The van der Waals surface area contributed by atoms with Crippen LogP contribution in [0, 0.1) is 5.92 Å². The second kappa shape index (κ2) is 3.25.